The van der Waals surface area contributed by atoms with Gasteiger partial charge in [-0.3, -0.25) is 0 Å². The van der Waals surface area contributed by atoms with E-state index >= 15 is 0 Å². The largest absolute Gasteiger partial charge is 0.503 e. The Kier molecular flexibility index (Phi) is 14.8. The lowest BCUT2D eigenvalue weighted by molar-refractivity contribution is 0.137. The molecule has 0 radical (unpaired) electrons. The van der Waals surface area contributed by atoms with Crippen LogP contribution in [0.2, 0.25) is 0 Å². The number of carbonyl (C=O) groups is 1. The Morgan fingerprint density at radius 2 is 1.40 bits per heavy atom. The van der Waals surface area contributed by atoms with E-state index in [9.17, 15) is 0 Å². The second-order valence-corrected chi connectivity index (χ2v) is 2.36. The van der Waals surface area contributed by atoms with Gasteiger partial charge in [-0.05, 0) is 0 Å². The van der Waals surface area contributed by atoms with Gasteiger partial charge < -0.3 is 10.2 Å². The normalized spacial score (nSPS) is 8.60. The van der Waals surface area contributed by atoms with Crippen molar-refractivity contribution in [2.45, 2.75) is 0 Å². The molecule has 10 heavy (non-hydrogen) atoms. The van der Waals surface area contributed by atoms with Crippen molar-refractivity contribution in [1.82, 2.24) is 0 Å². The summed E-state index contributed by atoms with van der Waals surface area (Å²) in [6, 6.07) is 0. The van der Waals surface area contributed by atoms with Gasteiger partial charge in [0.2, 0.25) is 0 Å². The Balaban J connectivity index is 0. The fourth-order valence-corrected chi connectivity index (χ4v) is 0.655. The van der Waals surface area contributed by atoms with Crippen molar-refractivity contribution >= 4 is 38.0 Å². The molecule has 0 rings (SSSR count). The fraction of sp³-hybridized carbons (Fsp3) is 0.400. The van der Waals surface area contributed by atoms with Crippen LogP contribution in [0.5, 0.6) is 0 Å². The Bertz CT molecular complexity index is 93.1. The highest BCUT2D eigenvalue weighted by molar-refractivity contribution is 9.09. The van der Waals surface area contributed by atoms with Gasteiger partial charge in [0, 0.05) is 10.7 Å². The first kappa shape index (κ1) is 12.6. The van der Waals surface area contributed by atoms with Crippen molar-refractivity contribution in [2.75, 3.05) is 10.7 Å². The van der Waals surface area contributed by atoms with Crippen LogP contribution in [0.15, 0.2) is 12.2 Å². The molecule has 0 aliphatic carbocycles. The average Bonchev–Trinajstić information content (AvgIpc) is 1.82. The number of hydrogen-bond acceptors (Lipinski definition) is 1. The highest BCUT2D eigenvalue weighted by Gasteiger charge is 1.70. The zero-order valence-electron chi connectivity index (χ0n) is 5.13. The van der Waals surface area contributed by atoms with Crippen LogP contribution in [0.1, 0.15) is 0 Å². The molecule has 0 unspecified atom stereocenters. The summed E-state index contributed by atoms with van der Waals surface area (Å²) in [5.74, 6) is 0. The van der Waals surface area contributed by atoms with E-state index in [0.29, 0.717) is 0 Å². The topological polar surface area (TPSA) is 57.5 Å². The van der Waals surface area contributed by atoms with Gasteiger partial charge in [0.1, 0.15) is 0 Å². The van der Waals surface area contributed by atoms with Crippen LogP contribution in [0.3, 0.4) is 0 Å². The van der Waals surface area contributed by atoms with E-state index in [0.717, 1.165) is 10.7 Å². The second-order valence-electron chi connectivity index (χ2n) is 1.06. The predicted octanol–water partition coefficient (Wildman–Crippen LogP) is 2.55. The highest BCUT2D eigenvalue weighted by atomic mass is 79.9. The first-order chi connectivity index (χ1) is 4.65. The number of carboxylic acid groups (broad SMARTS) is 2. The van der Waals surface area contributed by atoms with Gasteiger partial charge in [0.05, 0.1) is 0 Å². The summed E-state index contributed by atoms with van der Waals surface area (Å²) in [5, 5.41) is 15.9. The summed E-state index contributed by atoms with van der Waals surface area (Å²) in [7, 11) is 0. The quantitative estimate of drug-likeness (QED) is 0.602. The number of hydrogen-bond donors (Lipinski definition) is 2. The van der Waals surface area contributed by atoms with Crippen molar-refractivity contribution in [3.05, 3.63) is 12.2 Å². The van der Waals surface area contributed by atoms with Crippen molar-refractivity contribution in [3.63, 3.8) is 0 Å². The van der Waals surface area contributed by atoms with E-state index in [4.69, 9.17) is 15.0 Å². The fourth-order valence-electron chi connectivity index (χ4n) is 0.126. The SMILES string of the molecule is BrCC=CCBr.O=C(O)O. The maximum Gasteiger partial charge on any atom is 0.503 e. The van der Waals surface area contributed by atoms with Crippen LogP contribution >= 0.6 is 31.9 Å². The molecule has 0 aromatic carbocycles. The molecule has 0 saturated carbocycles. The zero-order valence-corrected chi connectivity index (χ0v) is 8.30. The van der Waals surface area contributed by atoms with E-state index in [1.54, 1.807) is 0 Å². The van der Waals surface area contributed by atoms with Gasteiger partial charge in [-0.15, -0.1) is 0 Å². The molecule has 3 nitrogen and oxygen atoms in total. The molecule has 2 N–H and O–H groups in total. The molecule has 0 heterocycles. The Labute approximate surface area is 76.0 Å². The molecule has 0 spiro atoms. The number of alkyl halides is 2. The van der Waals surface area contributed by atoms with Gasteiger partial charge in [-0.1, -0.05) is 44.0 Å². The van der Waals surface area contributed by atoms with Gasteiger partial charge in [-0.2, -0.15) is 0 Å². The monoisotopic (exact) mass is 274 g/mol. The molecule has 5 heteroatoms. The van der Waals surface area contributed by atoms with E-state index in [1.165, 1.54) is 0 Å². The summed E-state index contributed by atoms with van der Waals surface area (Å²) in [6.07, 6.45) is 2.27. The molecular weight excluding hydrogens is 268 g/mol. The summed E-state index contributed by atoms with van der Waals surface area (Å²) in [4.78, 5) is 8.56. The third-order valence-corrected chi connectivity index (χ3v) is 1.09. The lowest BCUT2D eigenvalue weighted by atomic mass is 10.6. The summed E-state index contributed by atoms with van der Waals surface area (Å²) >= 11 is 6.49. The van der Waals surface area contributed by atoms with Gasteiger partial charge in [-0.25, -0.2) is 4.79 Å². The van der Waals surface area contributed by atoms with Crippen molar-refractivity contribution in [1.29, 1.82) is 0 Å². The number of rotatable bonds is 2. The van der Waals surface area contributed by atoms with E-state index in [2.05, 4.69) is 44.0 Å². The van der Waals surface area contributed by atoms with Crippen LogP contribution in [0, 0.1) is 0 Å². The molecule has 0 aliphatic heterocycles. The van der Waals surface area contributed by atoms with Crippen LogP contribution in [0.25, 0.3) is 0 Å². The van der Waals surface area contributed by atoms with E-state index < -0.39 is 6.16 Å². The van der Waals surface area contributed by atoms with E-state index in [1.807, 2.05) is 0 Å². The van der Waals surface area contributed by atoms with Gasteiger partial charge >= 0.3 is 6.16 Å². The lowest BCUT2D eigenvalue weighted by Crippen LogP contribution is -1.81. The molecule has 0 bridgehead atoms. The molecule has 0 saturated heterocycles. The summed E-state index contributed by atoms with van der Waals surface area (Å²) in [5.41, 5.74) is 0. The number of halogens is 2. The first-order valence-corrected chi connectivity index (χ1v) is 4.58. The minimum atomic E-state index is -1.83. The Morgan fingerprint density at radius 1 is 1.20 bits per heavy atom. The zero-order chi connectivity index (χ0) is 8.41. The molecule has 0 fully saturated rings. The number of allylic oxidation sites excluding steroid dienone is 2. The van der Waals surface area contributed by atoms with E-state index in [-0.39, 0.29) is 0 Å². The molecule has 0 aliphatic rings. The minimum absolute atomic E-state index is 0.957. The summed E-state index contributed by atoms with van der Waals surface area (Å²) in [6.45, 7) is 0. The maximum atomic E-state index is 8.56. The Morgan fingerprint density at radius 3 is 1.50 bits per heavy atom. The van der Waals surface area contributed by atoms with Crippen molar-refractivity contribution < 1.29 is 15.0 Å². The molecule has 0 aromatic heterocycles. The van der Waals surface area contributed by atoms with Crippen LogP contribution in [-0.4, -0.2) is 27.0 Å². The Hall–Kier alpha value is -0.0300. The van der Waals surface area contributed by atoms with Crippen molar-refractivity contribution in [2.24, 2.45) is 0 Å². The molecule has 0 aromatic rings. The maximum absolute atomic E-state index is 8.56. The van der Waals surface area contributed by atoms with Crippen LogP contribution in [-0.2, 0) is 0 Å². The molecule has 0 atom stereocenters. The highest BCUT2D eigenvalue weighted by Crippen LogP contribution is 1.84. The van der Waals surface area contributed by atoms with Crippen LogP contribution < -0.4 is 0 Å². The third-order valence-electron chi connectivity index (χ3n) is 0.345. The molecule has 60 valence electrons. The van der Waals surface area contributed by atoms with Gasteiger partial charge in [0.15, 0.2) is 0 Å². The van der Waals surface area contributed by atoms with Gasteiger partial charge in [0.25, 0.3) is 0 Å². The first-order valence-electron chi connectivity index (χ1n) is 2.34. The summed E-state index contributed by atoms with van der Waals surface area (Å²) < 4.78 is 0. The smallest absolute Gasteiger partial charge is 0.450 e. The lowest BCUT2D eigenvalue weighted by Gasteiger charge is -1.70. The third kappa shape index (κ3) is 43.9. The molecular formula is C5H8Br2O3. The van der Waals surface area contributed by atoms with Crippen molar-refractivity contribution in [3.8, 4) is 0 Å². The molecule has 0 amide bonds. The minimum Gasteiger partial charge on any atom is -0.450 e. The second kappa shape index (κ2) is 11.7. The van der Waals surface area contributed by atoms with Crippen LogP contribution in [0.4, 0.5) is 4.79 Å². The average molecular weight is 276 g/mol. The predicted molar refractivity (Wildman–Crippen MR) is 47.4 cm³/mol. The standard InChI is InChI=1S/C4H6Br2.CH2O3/c5-3-1-2-4-6;2-1(3)4/h1-2H,3-4H2;(H2,2,3,4).